The van der Waals surface area contributed by atoms with E-state index in [9.17, 15) is 13.2 Å². The van der Waals surface area contributed by atoms with Crippen molar-refractivity contribution in [2.45, 2.75) is 50.7 Å². The Labute approximate surface area is 277 Å². The molecule has 4 aromatic rings. The van der Waals surface area contributed by atoms with Crippen molar-refractivity contribution in [2.75, 3.05) is 43.1 Å². The molecule has 0 atom stereocenters. The van der Waals surface area contributed by atoms with Gasteiger partial charge in [-0.25, -0.2) is 8.42 Å². The second-order valence-electron chi connectivity index (χ2n) is 12.1. The standard InChI is InChI=1S/C37H43N3O6S/c1-4-5-20-44-21-22-45-33-11-6-28(7-12-33)29-8-15-36-31(23-29)24-30(17-19-40(36)25-27(2)3)37(41)39-32-9-13-35(14-10-32)47(42,43)26-34-16-18-38-46-34/h6-16,18,23-24,27H,4-5,17,19-22,25-26H2,1-3H3,(H,39,41). The van der Waals surface area contributed by atoms with Gasteiger partial charge in [-0.05, 0) is 90.1 Å². The Morgan fingerprint density at radius 1 is 0.979 bits per heavy atom. The lowest BCUT2D eigenvalue weighted by Gasteiger charge is -2.27. The van der Waals surface area contributed by atoms with Gasteiger partial charge in [0.15, 0.2) is 15.6 Å². The van der Waals surface area contributed by atoms with Crippen LogP contribution in [0.2, 0.25) is 0 Å². The van der Waals surface area contributed by atoms with Crippen molar-refractivity contribution >= 4 is 33.2 Å². The van der Waals surface area contributed by atoms with Crippen molar-refractivity contribution in [1.29, 1.82) is 0 Å². The van der Waals surface area contributed by atoms with Crippen molar-refractivity contribution in [3.05, 3.63) is 95.9 Å². The van der Waals surface area contributed by atoms with Gasteiger partial charge in [0.25, 0.3) is 5.91 Å². The average Bonchev–Trinajstić information content (AvgIpc) is 3.49. The van der Waals surface area contributed by atoms with E-state index in [2.05, 4.69) is 54.3 Å². The normalized spacial score (nSPS) is 13.2. The van der Waals surface area contributed by atoms with Gasteiger partial charge in [-0.2, -0.15) is 0 Å². The SMILES string of the molecule is CCCCOCCOc1ccc(-c2ccc3c(c2)C=C(C(=O)Nc2ccc(S(=O)(=O)Cc4ccno4)cc2)CCN3CC(C)C)cc1. The molecule has 0 bridgehead atoms. The first-order chi connectivity index (χ1) is 22.7. The van der Waals surface area contributed by atoms with E-state index < -0.39 is 9.84 Å². The van der Waals surface area contributed by atoms with Crippen molar-refractivity contribution in [2.24, 2.45) is 5.92 Å². The monoisotopic (exact) mass is 657 g/mol. The largest absolute Gasteiger partial charge is 0.491 e. The molecule has 9 nitrogen and oxygen atoms in total. The zero-order chi connectivity index (χ0) is 33.2. The Morgan fingerprint density at radius 2 is 1.74 bits per heavy atom. The maximum Gasteiger partial charge on any atom is 0.251 e. The highest BCUT2D eigenvalue weighted by molar-refractivity contribution is 7.90. The third-order valence-electron chi connectivity index (χ3n) is 7.85. The van der Waals surface area contributed by atoms with Gasteiger partial charge in [0.05, 0.1) is 17.7 Å². The van der Waals surface area contributed by atoms with Gasteiger partial charge in [-0.1, -0.05) is 50.5 Å². The molecule has 3 aromatic carbocycles. The van der Waals surface area contributed by atoms with Gasteiger partial charge in [0.2, 0.25) is 0 Å². The smallest absolute Gasteiger partial charge is 0.251 e. The van der Waals surface area contributed by atoms with Crippen LogP contribution in [0.5, 0.6) is 5.75 Å². The molecule has 47 heavy (non-hydrogen) atoms. The van der Waals surface area contributed by atoms with E-state index in [1.807, 2.05) is 30.3 Å². The number of carbonyl (C=O) groups excluding carboxylic acids is 1. The summed E-state index contributed by atoms with van der Waals surface area (Å²) >= 11 is 0. The Bertz CT molecular complexity index is 1750. The number of nitrogens with zero attached hydrogens (tertiary/aromatic N) is 2. The summed E-state index contributed by atoms with van der Waals surface area (Å²) in [6.07, 6.45) is 6.12. The Kier molecular flexibility index (Phi) is 11.5. The molecule has 0 unspecified atom stereocenters. The molecule has 0 aliphatic carbocycles. The molecular formula is C37H43N3O6S. The Morgan fingerprint density at radius 3 is 2.45 bits per heavy atom. The van der Waals surface area contributed by atoms with Gasteiger partial charge in [0, 0.05) is 42.7 Å². The lowest BCUT2D eigenvalue weighted by molar-refractivity contribution is -0.112. The number of fused-ring (bicyclic) bond motifs is 1. The summed E-state index contributed by atoms with van der Waals surface area (Å²) in [5.74, 6) is 1.01. The number of nitrogens with one attached hydrogen (secondary N) is 1. The van der Waals surface area contributed by atoms with Crippen LogP contribution >= 0.6 is 0 Å². The molecular weight excluding hydrogens is 614 g/mol. The zero-order valence-corrected chi connectivity index (χ0v) is 28.1. The average molecular weight is 658 g/mol. The number of carbonyl (C=O) groups is 1. The summed E-state index contributed by atoms with van der Waals surface area (Å²) in [6, 6.07) is 22.1. The number of hydrogen-bond acceptors (Lipinski definition) is 8. The lowest BCUT2D eigenvalue weighted by atomic mass is 10.00. The van der Waals surface area contributed by atoms with Crippen LogP contribution in [0.15, 0.2) is 94.0 Å². The molecule has 5 rings (SSSR count). The third kappa shape index (κ3) is 9.33. The van der Waals surface area contributed by atoms with Crippen LogP contribution in [-0.2, 0) is 25.1 Å². The van der Waals surface area contributed by atoms with Crippen LogP contribution in [-0.4, -0.2) is 52.4 Å². The van der Waals surface area contributed by atoms with Gasteiger partial charge >= 0.3 is 0 Å². The molecule has 1 aliphatic rings. The summed E-state index contributed by atoms with van der Waals surface area (Å²) in [7, 11) is -3.62. The highest BCUT2D eigenvalue weighted by Gasteiger charge is 2.22. The van der Waals surface area contributed by atoms with Crippen LogP contribution < -0.4 is 15.0 Å². The topological polar surface area (TPSA) is 111 Å². The fourth-order valence-corrected chi connectivity index (χ4v) is 6.68. The van der Waals surface area contributed by atoms with Crippen molar-refractivity contribution in [3.8, 4) is 16.9 Å². The summed E-state index contributed by atoms with van der Waals surface area (Å²) in [5.41, 5.74) is 5.33. The molecule has 0 spiro atoms. The van der Waals surface area contributed by atoms with Crippen LogP contribution in [0, 0.1) is 5.92 Å². The molecule has 0 saturated heterocycles. The van der Waals surface area contributed by atoms with Gasteiger partial charge in [-0.3, -0.25) is 4.79 Å². The number of unbranched alkanes of at least 4 members (excludes halogenated alkanes) is 1. The van der Waals surface area contributed by atoms with Gasteiger partial charge < -0.3 is 24.2 Å². The minimum absolute atomic E-state index is 0.141. The molecule has 1 aromatic heterocycles. The first-order valence-electron chi connectivity index (χ1n) is 16.2. The minimum atomic E-state index is -3.62. The van der Waals surface area contributed by atoms with E-state index in [-0.39, 0.29) is 22.3 Å². The first-order valence-corrected chi connectivity index (χ1v) is 17.8. The predicted molar refractivity (Wildman–Crippen MR) is 185 cm³/mol. The number of benzene rings is 3. The maximum absolute atomic E-state index is 13.5. The van der Waals surface area contributed by atoms with Crippen molar-refractivity contribution in [1.82, 2.24) is 5.16 Å². The Hall–Kier alpha value is -4.41. The van der Waals surface area contributed by atoms with E-state index in [4.69, 9.17) is 14.0 Å². The summed E-state index contributed by atoms with van der Waals surface area (Å²) in [4.78, 5) is 16.0. The molecule has 1 amide bonds. The number of hydrogen-bond donors (Lipinski definition) is 1. The predicted octanol–water partition coefficient (Wildman–Crippen LogP) is 7.40. The van der Waals surface area contributed by atoms with E-state index in [0.29, 0.717) is 43.4 Å². The highest BCUT2D eigenvalue weighted by atomic mass is 32.2. The zero-order valence-electron chi connectivity index (χ0n) is 27.3. The molecule has 2 heterocycles. The number of amides is 1. The number of anilines is 2. The third-order valence-corrected chi connectivity index (χ3v) is 9.50. The van der Waals surface area contributed by atoms with Crippen molar-refractivity contribution in [3.63, 3.8) is 0 Å². The number of ether oxygens (including phenoxy) is 2. The van der Waals surface area contributed by atoms with Crippen molar-refractivity contribution < 1.29 is 27.2 Å². The molecule has 248 valence electrons. The van der Waals surface area contributed by atoms with Crippen LogP contribution in [0.25, 0.3) is 17.2 Å². The van der Waals surface area contributed by atoms with E-state index in [1.54, 1.807) is 12.1 Å². The fourth-order valence-electron chi connectivity index (χ4n) is 5.44. The van der Waals surface area contributed by atoms with E-state index in [1.165, 1.54) is 24.4 Å². The van der Waals surface area contributed by atoms with Crippen LogP contribution in [0.3, 0.4) is 0 Å². The minimum Gasteiger partial charge on any atom is -0.491 e. The molecule has 10 heteroatoms. The van der Waals surface area contributed by atoms with Gasteiger partial charge in [0.1, 0.15) is 18.1 Å². The summed E-state index contributed by atoms with van der Waals surface area (Å²) in [5, 5.41) is 6.53. The molecule has 1 N–H and O–H groups in total. The Balaban J connectivity index is 1.30. The highest BCUT2D eigenvalue weighted by Crippen LogP contribution is 2.34. The second kappa shape index (κ2) is 15.9. The molecule has 0 fully saturated rings. The molecule has 1 aliphatic heterocycles. The lowest BCUT2D eigenvalue weighted by Crippen LogP contribution is -2.29. The second-order valence-corrected chi connectivity index (χ2v) is 14.1. The number of rotatable bonds is 15. The molecule has 0 saturated carbocycles. The maximum atomic E-state index is 13.5. The van der Waals surface area contributed by atoms with E-state index >= 15 is 0 Å². The fraction of sp³-hybridized carbons (Fsp3) is 0.351. The summed E-state index contributed by atoms with van der Waals surface area (Å²) in [6.45, 7) is 9.94. The summed E-state index contributed by atoms with van der Waals surface area (Å²) < 4.78 is 41.9. The van der Waals surface area contributed by atoms with Gasteiger partial charge in [-0.15, -0.1) is 0 Å². The molecule has 0 radical (unpaired) electrons. The first kappa shape index (κ1) is 33.9. The van der Waals surface area contributed by atoms with Crippen LogP contribution in [0.1, 0.15) is 51.4 Å². The quantitative estimate of drug-likeness (QED) is 0.132. The van der Waals surface area contributed by atoms with Crippen LogP contribution in [0.4, 0.5) is 11.4 Å². The number of sulfone groups is 1. The number of aromatic nitrogens is 1. The van der Waals surface area contributed by atoms with E-state index in [0.717, 1.165) is 54.1 Å².